The molecule has 24 heavy (non-hydrogen) atoms. The van der Waals surface area contributed by atoms with Gasteiger partial charge in [0.2, 0.25) is 0 Å². The summed E-state index contributed by atoms with van der Waals surface area (Å²) in [6, 6.07) is 17.3. The molecule has 0 bridgehead atoms. The van der Waals surface area contributed by atoms with Gasteiger partial charge in [0.1, 0.15) is 0 Å². The van der Waals surface area contributed by atoms with Gasteiger partial charge in [-0.25, -0.2) is 0 Å². The van der Waals surface area contributed by atoms with Gasteiger partial charge in [-0.3, -0.25) is 9.91 Å². The molecular weight excluding hydrogens is 366 g/mol. The van der Waals surface area contributed by atoms with Crippen molar-refractivity contribution in [1.82, 2.24) is 9.91 Å². The minimum absolute atomic E-state index is 0.192. The maximum atomic E-state index is 10.8. The lowest BCUT2D eigenvalue weighted by Crippen LogP contribution is -2.45. The largest absolute Gasteiger partial charge is 0.289 e. The normalized spacial score (nSPS) is 20.6. The third kappa shape index (κ3) is 2.68. The number of rotatable bonds is 2. The fourth-order valence-corrected chi connectivity index (χ4v) is 4.28. The number of piperazine rings is 1. The van der Waals surface area contributed by atoms with Gasteiger partial charge in [-0.1, -0.05) is 64.5 Å². The van der Waals surface area contributed by atoms with Crippen LogP contribution in [0.15, 0.2) is 53.8 Å². The zero-order valence-corrected chi connectivity index (χ0v) is 14.8. The first-order valence-electron chi connectivity index (χ1n) is 8.15. The quantitative estimate of drug-likeness (QED) is 0.725. The zero-order valence-electron chi connectivity index (χ0n) is 13.2. The van der Waals surface area contributed by atoms with Crippen molar-refractivity contribution in [2.24, 2.45) is 5.29 Å². The average molecular weight is 384 g/mol. The van der Waals surface area contributed by atoms with Crippen molar-refractivity contribution in [2.75, 3.05) is 26.2 Å². The summed E-state index contributed by atoms with van der Waals surface area (Å²) in [7, 11) is 0. The second-order valence-electron chi connectivity index (χ2n) is 6.18. The van der Waals surface area contributed by atoms with E-state index in [0.29, 0.717) is 13.1 Å². The van der Waals surface area contributed by atoms with E-state index in [9.17, 15) is 4.91 Å². The first-order valence-corrected chi connectivity index (χ1v) is 8.95. The predicted molar refractivity (Wildman–Crippen MR) is 100 cm³/mol. The van der Waals surface area contributed by atoms with Crippen LogP contribution in [0, 0.1) is 4.91 Å². The van der Waals surface area contributed by atoms with Gasteiger partial charge < -0.3 is 0 Å². The third-order valence-electron chi connectivity index (χ3n) is 4.86. The highest BCUT2D eigenvalue weighted by Crippen LogP contribution is 2.41. The van der Waals surface area contributed by atoms with E-state index in [1.54, 1.807) is 5.01 Å². The van der Waals surface area contributed by atoms with Gasteiger partial charge in [-0.2, -0.15) is 0 Å². The highest BCUT2D eigenvalue weighted by molar-refractivity contribution is 9.15. The van der Waals surface area contributed by atoms with Gasteiger partial charge in [0.15, 0.2) is 0 Å². The summed E-state index contributed by atoms with van der Waals surface area (Å²) in [5.41, 5.74) is 5.08. The van der Waals surface area contributed by atoms with Crippen LogP contribution in [0.25, 0.3) is 10.6 Å². The summed E-state index contributed by atoms with van der Waals surface area (Å²) in [5, 5.41) is 4.70. The van der Waals surface area contributed by atoms with Gasteiger partial charge >= 0.3 is 0 Å². The number of hydrogen-bond acceptors (Lipinski definition) is 3. The molecule has 0 radical (unpaired) electrons. The van der Waals surface area contributed by atoms with E-state index in [4.69, 9.17) is 0 Å². The molecule has 4 rings (SSSR count). The molecule has 0 aromatic heterocycles. The summed E-state index contributed by atoms with van der Waals surface area (Å²) in [4.78, 5) is 13.2. The van der Waals surface area contributed by atoms with E-state index in [1.165, 1.54) is 22.3 Å². The maximum Gasteiger partial charge on any atom is 0.0615 e. The molecule has 2 aromatic rings. The molecule has 2 aromatic carbocycles. The topological polar surface area (TPSA) is 35.9 Å². The van der Waals surface area contributed by atoms with E-state index in [1.807, 2.05) is 0 Å². The Morgan fingerprint density at radius 2 is 1.58 bits per heavy atom. The molecule has 122 valence electrons. The standard InChI is InChI=1S/C19H18BrN3O/c20-18-13-14-5-1-2-6-15(14)19(17-8-4-3-7-16(17)18)22-9-11-23(21-24)12-10-22/h1-8,13,19H,9-12H2/t19-/m1/s1. The van der Waals surface area contributed by atoms with Gasteiger partial charge in [-0.15, -0.1) is 4.91 Å². The molecule has 0 unspecified atom stereocenters. The molecule has 2 aliphatic rings. The second kappa shape index (κ2) is 6.49. The molecule has 1 saturated heterocycles. The van der Waals surface area contributed by atoms with Gasteiger partial charge in [0, 0.05) is 17.6 Å². The van der Waals surface area contributed by atoms with Gasteiger partial charge in [0.25, 0.3) is 0 Å². The molecule has 1 atom stereocenters. The number of hydrogen-bond donors (Lipinski definition) is 0. The molecule has 1 aliphatic carbocycles. The van der Waals surface area contributed by atoms with E-state index < -0.39 is 0 Å². The molecule has 1 heterocycles. The monoisotopic (exact) mass is 383 g/mol. The predicted octanol–water partition coefficient (Wildman–Crippen LogP) is 4.28. The van der Waals surface area contributed by atoms with Crippen molar-refractivity contribution in [3.8, 4) is 0 Å². The summed E-state index contributed by atoms with van der Waals surface area (Å²) in [6.07, 6.45) is 2.21. The molecule has 1 fully saturated rings. The van der Waals surface area contributed by atoms with Crippen LogP contribution >= 0.6 is 15.9 Å². The smallest absolute Gasteiger partial charge is 0.0615 e. The lowest BCUT2D eigenvalue weighted by molar-refractivity contribution is 0.111. The Bertz CT molecular complexity index is 797. The molecule has 5 heteroatoms. The second-order valence-corrected chi connectivity index (χ2v) is 7.04. The van der Waals surface area contributed by atoms with E-state index in [2.05, 4.69) is 80.7 Å². The Morgan fingerprint density at radius 3 is 2.33 bits per heavy atom. The lowest BCUT2D eigenvalue weighted by atomic mass is 9.92. The van der Waals surface area contributed by atoms with E-state index in [-0.39, 0.29) is 6.04 Å². The van der Waals surface area contributed by atoms with Gasteiger partial charge in [-0.05, 0) is 28.3 Å². The fraction of sp³-hybridized carbons (Fsp3) is 0.263. The molecule has 0 N–H and O–H groups in total. The molecule has 0 saturated carbocycles. The number of fused-ring (bicyclic) bond motifs is 2. The highest BCUT2D eigenvalue weighted by atomic mass is 79.9. The van der Waals surface area contributed by atoms with E-state index >= 15 is 0 Å². The summed E-state index contributed by atoms with van der Waals surface area (Å²) >= 11 is 3.76. The molecule has 0 spiro atoms. The maximum absolute atomic E-state index is 10.8. The fourth-order valence-electron chi connectivity index (χ4n) is 3.67. The van der Waals surface area contributed by atoms with E-state index in [0.717, 1.165) is 17.6 Å². The number of benzene rings is 2. The SMILES string of the molecule is O=NN1CCN([C@@H]2c3ccccc3C=C(Br)c3ccccc32)CC1. The van der Waals surface area contributed by atoms with Crippen LogP contribution in [0.3, 0.4) is 0 Å². The third-order valence-corrected chi connectivity index (χ3v) is 5.51. The molecular formula is C19H18BrN3O. The summed E-state index contributed by atoms with van der Waals surface area (Å²) in [6.45, 7) is 3.02. The van der Waals surface area contributed by atoms with Crippen molar-refractivity contribution >= 4 is 26.5 Å². The Balaban J connectivity index is 1.82. The van der Waals surface area contributed by atoms with Crippen LogP contribution in [0.5, 0.6) is 0 Å². The minimum atomic E-state index is 0.192. The first kappa shape index (κ1) is 15.5. The van der Waals surface area contributed by atoms with Crippen molar-refractivity contribution in [3.63, 3.8) is 0 Å². The Kier molecular flexibility index (Phi) is 4.21. The van der Waals surface area contributed by atoms with Crippen LogP contribution in [0.4, 0.5) is 0 Å². The highest BCUT2D eigenvalue weighted by Gasteiger charge is 2.30. The van der Waals surface area contributed by atoms with Crippen molar-refractivity contribution in [3.05, 3.63) is 75.7 Å². The van der Waals surface area contributed by atoms with Crippen molar-refractivity contribution in [2.45, 2.75) is 6.04 Å². The minimum Gasteiger partial charge on any atom is -0.289 e. The Hall–Kier alpha value is -1.98. The van der Waals surface area contributed by atoms with Crippen LogP contribution in [0.1, 0.15) is 28.3 Å². The Labute approximate surface area is 149 Å². The van der Waals surface area contributed by atoms with Gasteiger partial charge in [0.05, 0.1) is 24.4 Å². The first-order chi connectivity index (χ1) is 11.8. The molecule has 1 aliphatic heterocycles. The lowest BCUT2D eigenvalue weighted by Gasteiger charge is -2.38. The average Bonchev–Trinajstić information content (AvgIpc) is 2.76. The molecule has 4 nitrogen and oxygen atoms in total. The van der Waals surface area contributed by atoms with Crippen molar-refractivity contribution in [1.29, 1.82) is 0 Å². The van der Waals surface area contributed by atoms with Crippen LogP contribution in [-0.2, 0) is 0 Å². The van der Waals surface area contributed by atoms with Crippen LogP contribution in [0.2, 0.25) is 0 Å². The molecule has 0 amide bonds. The summed E-state index contributed by atoms with van der Waals surface area (Å²) in [5.74, 6) is 0. The van der Waals surface area contributed by atoms with Crippen molar-refractivity contribution < 1.29 is 0 Å². The zero-order chi connectivity index (χ0) is 16.5. The Morgan fingerprint density at radius 1 is 0.917 bits per heavy atom. The number of nitroso groups, excluding NO2 is 1. The number of halogens is 1. The van der Waals surface area contributed by atoms with Crippen LogP contribution in [-0.4, -0.2) is 36.1 Å². The summed E-state index contributed by atoms with van der Waals surface area (Å²) < 4.78 is 1.11. The van der Waals surface area contributed by atoms with Crippen LogP contribution < -0.4 is 0 Å². The number of nitrogens with zero attached hydrogens (tertiary/aromatic N) is 3.